The number of carbonyl (C=O) groups is 5. The smallest absolute Gasteiger partial charge is 0.340 e. The van der Waals surface area contributed by atoms with Crippen LogP contribution in [0, 0.1) is 16.0 Å². The molecule has 1 saturated heterocycles. The van der Waals surface area contributed by atoms with E-state index in [2.05, 4.69) is 6.07 Å². The Morgan fingerprint density at radius 3 is 1.94 bits per heavy atom. The minimum absolute atomic E-state index is 0.0380. The second-order valence-corrected chi connectivity index (χ2v) is 11.8. The quantitative estimate of drug-likeness (QED) is 0.146. The lowest BCUT2D eigenvalue weighted by Gasteiger charge is -2.45. The first-order valence-electron chi connectivity index (χ1n) is 15.3. The van der Waals surface area contributed by atoms with E-state index in [1.165, 1.54) is 4.57 Å². The van der Waals surface area contributed by atoms with Gasteiger partial charge in [-0.3, -0.25) is 23.7 Å². The van der Waals surface area contributed by atoms with Crippen LogP contribution in [0.3, 0.4) is 0 Å². The maximum absolute atomic E-state index is 14.1. The zero-order valence-electron chi connectivity index (χ0n) is 27.7. The molecule has 0 N–H and O–H groups in total. The molecule has 0 amide bonds. The average Bonchev–Trinajstić information content (AvgIpc) is 3.05. The number of aromatic nitrogens is 1. The maximum Gasteiger partial charge on any atom is 0.340 e. The van der Waals surface area contributed by atoms with Crippen LogP contribution >= 0.6 is 23.8 Å². The van der Waals surface area contributed by atoms with Gasteiger partial charge in [-0.1, -0.05) is 66.3 Å². The molecule has 15 heteroatoms. The predicted octanol–water partition coefficient (Wildman–Crippen LogP) is 5.51. The molecule has 0 spiro atoms. The molecule has 2 aromatic carbocycles. The van der Waals surface area contributed by atoms with Crippen LogP contribution in [0.15, 0.2) is 54.6 Å². The Hall–Kier alpha value is -5.10. The lowest BCUT2D eigenvalue weighted by molar-refractivity contribution is -0.268. The summed E-state index contributed by atoms with van der Waals surface area (Å²) in [6.07, 6.45) is -7.55. The largest absolute Gasteiger partial charge is 0.463 e. The third kappa shape index (κ3) is 8.36. The Morgan fingerprint density at radius 2 is 1.40 bits per heavy atom. The van der Waals surface area contributed by atoms with Gasteiger partial charge in [0.2, 0.25) is 0 Å². The molecule has 1 aliphatic heterocycles. The lowest BCUT2D eigenvalue weighted by Crippen LogP contribution is -2.60. The monoisotopic (exact) mass is 724 g/mol. The van der Waals surface area contributed by atoms with Crippen LogP contribution < -0.4 is 0 Å². The van der Waals surface area contributed by atoms with Crippen LogP contribution in [0.4, 0.5) is 0 Å². The molecule has 1 aliphatic rings. The van der Waals surface area contributed by atoms with Gasteiger partial charge >= 0.3 is 29.8 Å². The van der Waals surface area contributed by atoms with Gasteiger partial charge in [-0.15, -0.1) is 0 Å². The van der Waals surface area contributed by atoms with E-state index in [1.807, 2.05) is 0 Å². The predicted molar refractivity (Wildman–Crippen MR) is 179 cm³/mol. The van der Waals surface area contributed by atoms with E-state index in [1.54, 1.807) is 61.5 Å². The van der Waals surface area contributed by atoms with Crippen LogP contribution in [0.5, 0.6) is 0 Å². The topological polar surface area (TPSA) is 169 Å². The van der Waals surface area contributed by atoms with Gasteiger partial charge in [-0.25, -0.2) is 4.79 Å². The molecular formula is C35H33ClN2O11S. The van der Waals surface area contributed by atoms with E-state index in [0.717, 1.165) is 27.7 Å². The molecule has 4 rings (SSSR count). The van der Waals surface area contributed by atoms with Gasteiger partial charge in [0.1, 0.15) is 23.4 Å². The first-order chi connectivity index (χ1) is 23.8. The van der Waals surface area contributed by atoms with Crippen molar-refractivity contribution < 1.29 is 52.4 Å². The van der Waals surface area contributed by atoms with Crippen molar-refractivity contribution in [2.24, 2.45) is 0 Å². The third-order valence-corrected chi connectivity index (χ3v) is 8.06. The summed E-state index contributed by atoms with van der Waals surface area (Å²) < 4.78 is 35.2. The number of rotatable bonds is 10. The summed E-state index contributed by atoms with van der Waals surface area (Å²) in [5.41, 5.74) is 0.767. The fourth-order valence-electron chi connectivity index (χ4n) is 5.64. The number of hydrogen-bond acceptors (Lipinski definition) is 13. The van der Waals surface area contributed by atoms with E-state index in [4.69, 9.17) is 52.2 Å². The molecule has 0 unspecified atom stereocenters. The van der Waals surface area contributed by atoms with Gasteiger partial charge in [0.05, 0.1) is 23.4 Å². The number of halogens is 1. The van der Waals surface area contributed by atoms with E-state index in [0.29, 0.717) is 16.1 Å². The van der Waals surface area contributed by atoms with Gasteiger partial charge in [0, 0.05) is 38.3 Å². The number of benzene rings is 2. The first-order valence-corrected chi connectivity index (χ1v) is 16.1. The number of esters is 5. The van der Waals surface area contributed by atoms with Gasteiger partial charge in [-0.2, -0.15) is 5.26 Å². The van der Waals surface area contributed by atoms with Crippen molar-refractivity contribution in [1.82, 2.24) is 4.57 Å². The van der Waals surface area contributed by atoms with Crippen LogP contribution in [-0.2, 0) is 47.6 Å². The van der Waals surface area contributed by atoms with Crippen LogP contribution in [0.2, 0.25) is 5.02 Å². The number of ether oxygens (including phenoxy) is 6. The van der Waals surface area contributed by atoms with Crippen molar-refractivity contribution in [2.75, 3.05) is 13.2 Å². The van der Waals surface area contributed by atoms with Crippen LogP contribution in [-0.4, -0.2) is 72.0 Å². The lowest BCUT2D eigenvalue weighted by atomic mass is 9.90. The minimum Gasteiger partial charge on any atom is -0.463 e. The molecule has 0 radical (unpaired) electrons. The molecule has 5 atom stereocenters. The fourth-order valence-corrected chi connectivity index (χ4v) is 6.11. The maximum atomic E-state index is 14.1. The Kier molecular flexibility index (Phi) is 12.5. The first kappa shape index (κ1) is 37.7. The number of pyridine rings is 1. The Balaban J connectivity index is 2.20. The van der Waals surface area contributed by atoms with Crippen molar-refractivity contribution in [2.45, 2.75) is 65.3 Å². The molecule has 1 fully saturated rings. The van der Waals surface area contributed by atoms with Crippen molar-refractivity contribution in [3.8, 4) is 28.5 Å². The summed E-state index contributed by atoms with van der Waals surface area (Å²) in [7, 11) is 0. The zero-order chi connectivity index (χ0) is 36.7. The SMILES string of the molecule is CCOC(=O)c1c(-c2ccc(Cl)cc2)c(C#N)c(=S)n([C@@H]2O[C@@H](COC(C)=O)[C@@H](OC(C)=O)[C@@H](OC(C)=O)[C@@H]2OC(C)=O)c1-c1ccccc1. The van der Waals surface area contributed by atoms with Gasteiger partial charge in [0.25, 0.3) is 0 Å². The highest BCUT2D eigenvalue weighted by molar-refractivity contribution is 7.71. The number of nitrogens with zero attached hydrogens (tertiary/aromatic N) is 2. The molecule has 50 heavy (non-hydrogen) atoms. The second-order valence-electron chi connectivity index (χ2n) is 10.9. The summed E-state index contributed by atoms with van der Waals surface area (Å²) >= 11 is 12.2. The fraction of sp³-hybridized carbons (Fsp3) is 0.343. The molecule has 262 valence electrons. The van der Waals surface area contributed by atoms with E-state index in [9.17, 15) is 29.2 Å². The molecule has 0 aliphatic carbocycles. The summed E-state index contributed by atoms with van der Waals surface area (Å²) in [6.45, 7) is 5.50. The summed E-state index contributed by atoms with van der Waals surface area (Å²) in [5.74, 6) is -4.04. The molecule has 13 nitrogen and oxygen atoms in total. The van der Waals surface area contributed by atoms with Crippen molar-refractivity contribution >= 4 is 53.7 Å². The van der Waals surface area contributed by atoms with Crippen LogP contribution in [0.25, 0.3) is 22.4 Å². The highest BCUT2D eigenvalue weighted by Crippen LogP contribution is 2.43. The summed E-state index contributed by atoms with van der Waals surface area (Å²) in [5, 5.41) is 11.0. The Bertz CT molecular complexity index is 1890. The zero-order valence-corrected chi connectivity index (χ0v) is 29.2. The summed E-state index contributed by atoms with van der Waals surface area (Å²) in [6, 6.07) is 17.0. The standard InChI is InChI=1S/C35H33ClN2O11S/c1-6-44-35(43)28-27(22-12-14-24(36)15-13-22)25(16-37)34(50)38(29(28)23-10-8-7-9-11-23)33-32(48-21(5)42)31(47-20(4)41)30(46-19(3)40)26(49-33)17-45-18(2)39/h7-15,26,30-33H,6,17H2,1-5H3/t26-,30+,31+,32-,33+/m0/s1. The molecule has 0 saturated carbocycles. The van der Waals surface area contributed by atoms with Crippen molar-refractivity contribution in [3.05, 3.63) is 75.4 Å². The highest BCUT2D eigenvalue weighted by atomic mass is 35.5. The minimum atomic E-state index is -1.61. The molecule has 1 aromatic heterocycles. The summed E-state index contributed by atoms with van der Waals surface area (Å²) in [4.78, 5) is 63.5. The molecule has 2 heterocycles. The van der Waals surface area contributed by atoms with E-state index < -0.39 is 67.1 Å². The van der Waals surface area contributed by atoms with Crippen LogP contribution in [0.1, 0.15) is 56.8 Å². The van der Waals surface area contributed by atoms with Gasteiger partial charge in [-0.05, 0) is 30.2 Å². The van der Waals surface area contributed by atoms with Crippen molar-refractivity contribution in [1.29, 1.82) is 5.26 Å². The molecular weight excluding hydrogens is 692 g/mol. The highest BCUT2D eigenvalue weighted by Gasteiger charge is 2.53. The van der Waals surface area contributed by atoms with E-state index >= 15 is 0 Å². The van der Waals surface area contributed by atoms with Gasteiger partial charge < -0.3 is 28.4 Å². The van der Waals surface area contributed by atoms with E-state index in [-0.39, 0.29) is 33.6 Å². The molecule has 0 bridgehead atoms. The Labute approximate surface area is 297 Å². The normalized spacial score (nSPS) is 19.7. The number of nitriles is 1. The molecule has 3 aromatic rings. The average molecular weight is 725 g/mol. The number of hydrogen-bond donors (Lipinski definition) is 0. The van der Waals surface area contributed by atoms with Crippen molar-refractivity contribution in [3.63, 3.8) is 0 Å². The number of carbonyl (C=O) groups excluding carboxylic acids is 5. The van der Waals surface area contributed by atoms with Gasteiger partial charge in [0.15, 0.2) is 24.5 Å². The third-order valence-electron chi connectivity index (χ3n) is 7.40. The Morgan fingerprint density at radius 1 is 0.820 bits per heavy atom. The second kappa shape index (κ2) is 16.5.